The third-order valence-electron chi connectivity index (χ3n) is 2.43. The lowest BCUT2D eigenvalue weighted by Crippen LogP contribution is -2.17. The van der Waals surface area contributed by atoms with Gasteiger partial charge in [0.25, 0.3) is 0 Å². The molecule has 0 unspecified atom stereocenters. The Labute approximate surface area is 111 Å². The number of imidazole rings is 1. The molecule has 106 valence electrons. The van der Waals surface area contributed by atoms with Gasteiger partial charge in [0.2, 0.25) is 0 Å². The summed E-state index contributed by atoms with van der Waals surface area (Å²) in [6.45, 7) is 1.51. The van der Waals surface area contributed by atoms with Crippen molar-refractivity contribution in [3.63, 3.8) is 0 Å². The highest BCUT2D eigenvalue weighted by molar-refractivity contribution is 5.87. The van der Waals surface area contributed by atoms with E-state index in [4.69, 9.17) is 5.11 Å². The van der Waals surface area contributed by atoms with Crippen molar-refractivity contribution in [1.82, 2.24) is 9.97 Å². The zero-order valence-corrected chi connectivity index (χ0v) is 10.2. The van der Waals surface area contributed by atoms with E-state index in [1.165, 1.54) is 19.1 Å². The molecule has 0 bridgehead atoms. The Morgan fingerprint density at radius 2 is 2.10 bits per heavy atom. The smallest absolute Gasteiger partial charge is 0.476 e. The Morgan fingerprint density at radius 1 is 1.40 bits per heavy atom. The molecule has 0 spiro atoms. The van der Waals surface area contributed by atoms with Gasteiger partial charge in [0, 0.05) is 11.3 Å². The summed E-state index contributed by atoms with van der Waals surface area (Å²) in [5.41, 5.74) is 0.430. The molecule has 0 fully saturated rings. The lowest BCUT2D eigenvalue weighted by molar-refractivity contribution is -0.274. The highest BCUT2D eigenvalue weighted by atomic mass is 19.4. The zero-order valence-electron chi connectivity index (χ0n) is 10.2. The number of H-pyrrole nitrogens is 1. The summed E-state index contributed by atoms with van der Waals surface area (Å²) in [5.74, 6) is -1.46. The first kappa shape index (κ1) is 13.9. The number of nitrogens with zero attached hydrogens (tertiary/aromatic N) is 1. The van der Waals surface area contributed by atoms with E-state index < -0.39 is 18.1 Å². The fourth-order valence-electron chi connectivity index (χ4n) is 1.65. The molecule has 8 heteroatoms. The summed E-state index contributed by atoms with van der Waals surface area (Å²) in [7, 11) is 0. The number of halogens is 3. The number of benzene rings is 1. The van der Waals surface area contributed by atoms with Gasteiger partial charge in [0.15, 0.2) is 5.69 Å². The number of nitrogens with one attached hydrogen (secondary N) is 1. The second-order valence-corrected chi connectivity index (χ2v) is 3.94. The van der Waals surface area contributed by atoms with Gasteiger partial charge in [-0.3, -0.25) is 0 Å². The number of ether oxygens (including phenoxy) is 1. The van der Waals surface area contributed by atoms with Gasteiger partial charge < -0.3 is 14.8 Å². The standard InChI is InChI=1S/C12H9F3N2O3/c1-6-9(11(18)19)17-10(16-6)7-3-2-4-8(5-7)20-12(13,14)15/h2-5H,1H3,(H,16,17)(H,18,19). The zero-order chi connectivity index (χ0) is 14.9. The molecule has 0 aliphatic carbocycles. The highest BCUT2D eigenvalue weighted by Gasteiger charge is 2.31. The first-order valence-electron chi connectivity index (χ1n) is 5.42. The van der Waals surface area contributed by atoms with Gasteiger partial charge in [-0.05, 0) is 19.1 Å². The number of aryl methyl sites for hydroxylation is 1. The number of aromatic nitrogens is 2. The van der Waals surface area contributed by atoms with Crippen molar-refractivity contribution in [3.05, 3.63) is 35.7 Å². The van der Waals surface area contributed by atoms with Crippen molar-refractivity contribution in [1.29, 1.82) is 0 Å². The Hall–Kier alpha value is -2.51. The number of carboxylic acid groups (broad SMARTS) is 1. The molecule has 1 aromatic heterocycles. The van der Waals surface area contributed by atoms with Gasteiger partial charge in [0.1, 0.15) is 11.6 Å². The van der Waals surface area contributed by atoms with E-state index in [0.29, 0.717) is 11.3 Å². The highest BCUT2D eigenvalue weighted by Crippen LogP contribution is 2.27. The van der Waals surface area contributed by atoms with E-state index in [1.807, 2.05) is 0 Å². The number of aromatic carboxylic acids is 1. The van der Waals surface area contributed by atoms with Crippen LogP contribution in [0.3, 0.4) is 0 Å². The number of hydrogen-bond acceptors (Lipinski definition) is 3. The molecule has 2 N–H and O–H groups in total. The van der Waals surface area contributed by atoms with Crippen LogP contribution < -0.4 is 4.74 Å². The quantitative estimate of drug-likeness (QED) is 0.909. The van der Waals surface area contributed by atoms with Gasteiger partial charge >= 0.3 is 12.3 Å². The van der Waals surface area contributed by atoms with Gasteiger partial charge in [-0.2, -0.15) is 0 Å². The van der Waals surface area contributed by atoms with Crippen molar-refractivity contribution in [2.75, 3.05) is 0 Å². The minimum Gasteiger partial charge on any atom is -0.476 e. The first-order valence-corrected chi connectivity index (χ1v) is 5.42. The van der Waals surface area contributed by atoms with Gasteiger partial charge in [-0.15, -0.1) is 13.2 Å². The van der Waals surface area contributed by atoms with Gasteiger partial charge in [0.05, 0.1) is 0 Å². The summed E-state index contributed by atoms with van der Waals surface area (Å²) >= 11 is 0. The number of carboxylic acids is 1. The van der Waals surface area contributed by atoms with Crippen molar-refractivity contribution in [3.8, 4) is 17.1 Å². The Bertz CT molecular complexity index is 650. The molecular formula is C12H9F3N2O3. The van der Waals surface area contributed by atoms with Crippen molar-refractivity contribution in [2.24, 2.45) is 0 Å². The van der Waals surface area contributed by atoms with Crippen molar-refractivity contribution < 1.29 is 27.8 Å². The predicted molar refractivity (Wildman–Crippen MR) is 62.4 cm³/mol. The third kappa shape index (κ3) is 3.08. The SMILES string of the molecule is Cc1[nH]c(-c2cccc(OC(F)(F)F)c2)nc1C(=O)O. The molecule has 5 nitrogen and oxygen atoms in total. The van der Waals surface area contributed by atoms with E-state index >= 15 is 0 Å². The molecule has 2 rings (SSSR count). The molecule has 0 amide bonds. The molecular weight excluding hydrogens is 277 g/mol. The van der Waals surface area contributed by atoms with Gasteiger partial charge in [-0.1, -0.05) is 12.1 Å². The average molecular weight is 286 g/mol. The number of rotatable bonds is 3. The predicted octanol–water partition coefficient (Wildman–Crippen LogP) is 2.98. The topological polar surface area (TPSA) is 75.2 Å². The van der Waals surface area contributed by atoms with E-state index in [2.05, 4.69) is 14.7 Å². The van der Waals surface area contributed by atoms with Crippen LogP contribution in [0.25, 0.3) is 11.4 Å². The van der Waals surface area contributed by atoms with E-state index in [0.717, 1.165) is 12.1 Å². The summed E-state index contributed by atoms with van der Waals surface area (Å²) in [6, 6.07) is 5.12. The lowest BCUT2D eigenvalue weighted by atomic mass is 10.2. The molecule has 0 aliphatic rings. The molecule has 20 heavy (non-hydrogen) atoms. The number of alkyl halides is 3. The van der Waals surface area contributed by atoms with E-state index in [-0.39, 0.29) is 11.5 Å². The summed E-state index contributed by atoms with van der Waals surface area (Å²) < 4.78 is 40.2. The molecule has 0 saturated carbocycles. The molecule has 2 aromatic rings. The Kier molecular flexibility index (Phi) is 3.39. The van der Waals surface area contributed by atoms with Crippen LogP contribution in [0.2, 0.25) is 0 Å². The second-order valence-electron chi connectivity index (χ2n) is 3.94. The molecule has 0 radical (unpaired) electrons. The maximum Gasteiger partial charge on any atom is 0.573 e. The molecule has 0 atom stereocenters. The maximum atomic E-state index is 12.1. The number of carbonyl (C=O) groups is 1. The average Bonchev–Trinajstić information content (AvgIpc) is 2.69. The fourth-order valence-corrected chi connectivity index (χ4v) is 1.65. The maximum absolute atomic E-state index is 12.1. The van der Waals surface area contributed by atoms with Crippen LogP contribution in [0.4, 0.5) is 13.2 Å². The normalized spacial score (nSPS) is 11.4. The minimum absolute atomic E-state index is 0.160. The first-order chi connectivity index (χ1) is 9.26. The minimum atomic E-state index is -4.79. The Morgan fingerprint density at radius 3 is 2.65 bits per heavy atom. The van der Waals surface area contributed by atoms with Crippen LogP contribution in [0.15, 0.2) is 24.3 Å². The fraction of sp³-hybridized carbons (Fsp3) is 0.167. The summed E-state index contributed by atoms with van der Waals surface area (Å²) in [4.78, 5) is 17.4. The van der Waals surface area contributed by atoms with Crippen LogP contribution >= 0.6 is 0 Å². The molecule has 1 aromatic carbocycles. The largest absolute Gasteiger partial charge is 0.573 e. The monoisotopic (exact) mass is 286 g/mol. The van der Waals surface area contributed by atoms with Crippen LogP contribution in [0.1, 0.15) is 16.2 Å². The number of aromatic amines is 1. The van der Waals surface area contributed by atoms with Crippen LogP contribution in [-0.4, -0.2) is 27.4 Å². The second kappa shape index (κ2) is 4.87. The van der Waals surface area contributed by atoms with Crippen molar-refractivity contribution in [2.45, 2.75) is 13.3 Å². The summed E-state index contributed by atoms with van der Waals surface area (Å²) in [5, 5.41) is 8.88. The van der Waals surface area contributed by atoms with Gasteiger partial charge in [-0.25, -0.2) is 9.78 Å². The summed E-state index contributed by atoms with van der Waals surface area (Å²) in [6.07, 6.45) is -4.79. The molecule has 0 saturated heterocycles. The van der Waals surface area contributed by atoms with E-state index in [9.17, 15) is 18.0 Å². The molecule has 1 heterocycles. The Balaban J connectivity index is 2.36. The van der Waals surface area contributed by atoms with Crippen LogP contribution in [0, 0.1) is 6.92 Å². The third-order valence-corrected chi connectivity index (χ3v) is 2.43. The van der Waals surface area contributed by atoms with Crippen molar-refractivity contribution >= 4 is 5.97 Å². The van der Waals surface area contributed by atoms with Crippen LogP contribution in [-0.2, 0) is 0 Å². The number of hydrogen-bond donors (Lipinski definition) is 2. The lowest BCUT2D eigenvalue weighted by Gasteiger charge is -2.09. The van der Waals surface area contributed by atoms with Crippen LogP contribution in [0.5, 0.6) is 5.75 Å². The molecule has 0 aliphatic heterocycles. The van der Waals surface area contributed by atoms with E-state index in [1.54, 1.807) is 0 Å².